The van der Waals surface area contributed by atoms with Gasteiger partial charge in [-0.25, -0.2) is 4.98 Å². The van der Waals surface area contributed by atoms with Crippen molar-refractivity contribution in [3.63, 3.8) is 0 Å². The smallest absolute Gasteiger partial charge is 0.142 e. The summed E-state index contributed by atoms with van der Waals surface area (Å²) in [5.41, 5.74) is 1.89. The second-order valence-corrected chi connectivity index (χ2v) is 2.63. The molecule has 0 saturated carbocycles. The Labute approximate surface area is 75.1 Å². The number of rotatable bonds is 2. The van der Waals surface area contributed by atoms with Crippen molar-refractivity contribution < 1.29 is 4.79 Å². The number of aromatic amines is 1. The van der Waals surface area contributed by atoms with E-state index in [4.69, 9.17) is 0 Å². The van der Waals surface area contributed by atoms with Gasteiger partial charge in [-0.3, -0.25) is 4.79 Å². The summed E-state index contributed by atoms with van der Waals surface area (Å²) in [6, 6.07) is 7.73. The molecule has 0 saturated heterocycles. The maximum atomic E-state index is 10.1. The molecule has 13 heavy (non-hydrogen) atoms. The Kier molecular flexibility index (Phi) is 1.92. The van der Waals surface area contributed by atoms with Gasteiger partial charge in [-0.15, -0.1) is 0 Å². The Bertz CT molecular complexity index is 424. The van der Waals surface area contributed by atoms with E-state index in [0.717, 1.165) is 17.3 Å². The molecule has 0 aliphatic rings. The first-order chi connectivity index (χ1) is 6.40. The summed E-state index contributed by atoms with van der Waals surface area (Å²) in [7, 11) is 0. The van der Waals surface area contributed by atoms with E-state index in [1.807, 2.05) is 24.3 Å². The molecular weight excluding hydrogens is 164 g/mol. The third kappa shape index (κ3) is 1.49. The lowest BCUT2D eigenvalue weighted by Crippen LogP contribution is -1.72. The third-order valence-corrected chi connectivity index (χ3v) is 1.74. The predicted molar refractivity (Wildman–Crippen MR) is 51.2 cm³/mol. The Morgan fingerprint density at radius 2 is 2.15 bits per heavy atom. The van der Waals surface area contributed by atoms with E-state index in [-0.39, 0.29) is 0 Å². The summed E-state index contributed by atoms with van der Waals surface area (Å²) < 4.78 is 0. The molecule has 0 amide bonds. The van der Waals surface area contributed by atoms with Gasteiger partial charge in [0.15, 0.2) is 0 Å². The third-order valence-electron chi connectivity index (χ3n) is 1.74. The molecule has 2 aromatic rings. The van der Waals surface area contributed by atoms with Crippen LogP contribution in [0.5, 0.6) is 0 Å². The maximum Gasteiger partial charge on any atom is 0.142 e. The van der Waals surface area contributed by atoms with Crippen LogP contribution in [0, 0.1) is 0 Å². The fourth-order valence-electron chi connectivity index (χ4n) is 1.18. The van der Waals surface area contributed by atoms with Gasteiger partial charge < -0.3 is 4.98 Å². The number of aromatic nitrogens is 2. The lowest BCUT2D eigenvalue weighted by atomic mass is 10.3. The van der Waals surface area contributed by atoms with Crippen LogP contribution < -0.4 is 0 Å². The molecule has 0 spiro atoms. The highest BCUT2D eigenvalue weighted by Crippen LogP contribution is 2.10. The number of hydrogen-bond donors (Lipinski definition) is 1. The standard InChI is InChI=1S/C10H8N2O/c13-7-3-6-10-11-8-4-1-2-5-9(8)12-10/h1-7H,(H,11,12). The van der Waals surface area contributed by atoms with Crippen LogP contribution in [-0.2, 0) is 4.79 Å². The topological polar surface area (TPSA) is 45.8 Å². The number of carbonyl (C=O) groups is 1. The average Bonchev–Trinajstić information content (AvgIpc) is 2.57. The van der Waals surface area contributed by atoms with Gasteiger partial charge in [0.1, 0.15) is 12.1 Å². The van der Waals surface area contributed by atoms with Crippen molar-refractivity contribution in [3.8, 4) is 0 Å². The van der Waals surface area contributed by atoms with Crippen molar-refractivity contribution in [2.24, 2.45) is 0 Å². The second-order valence-electron chi connectivity index (χ2n) is 2.63. The molecule has 1 N–H and O–H groups in total. The zero-order chi connectivity index (χ0) is 9.10. The monoisotopic (exact) mass is 172 g/mol. The van der Waals surface area contributed by atoms with Crippen LogP contribution in [0.25, 0.3) is 17.1 Å². The second kappa shape index (κ2) is 3.23. The van der Waals surface area contributed by atoms with Crippen molar-refractivity contribution >= 4 is 23.4 Å². The minimum Gasteiger partial charge on any atom is -0.338 e. The van der Waals surface area contributed by atoms with Crippen molar-refractivity contribution in [1.82, 2.24) is 9.97 Å². The van der Waals surface area contributed by atoms with Crippen LogP contribution in [-0.4, -0.2) is 16.3 Å². The number of carbonyl (C=O) groups excluding carboxylic acids is 1. The highest BCUT2D eigenvalue weighted by atomic mass is 16.1. The zero-order valence-corrected chi connectivity index (χ0v) is 6.90. The number of nitrogens with one attached hydrogen (secondary N) is 1. The minimum absolute atomic E-state index is 0.702. The van der Waals surface area contributed by atoms with Gasteiger partial charge in [0.05, 0.1) is 11.0 Å². The van der Waals surface area contributed by atoms with Gasteiger partial charge in [0.25, 0.3) is 0 Å². The summed E-state index contributed by atoms with van der Waals surface area (Å²) in [6.45, 7) is 0. The van der Waals surface area contributed by atoms with Crippen LogP contribution in [0.2, 0.25) is 0 Å². The summed E-state index contributed by atoms with van der Waals surface area (Å²) in [5, 5.41) is 0. The molecular formula is C10H8N2O. The van der Waals surface area contributed by atoms with Gasteiger partial charge in [-0.1, -0.05) is 12.1 Å². The minimum atomic E-state index is 0.702. The van der Waals surface area contributed by atoms with E-state index < -0.39 is 0 Å². The van der Waals surface area contributed by atoms with Gasteiger partial charge >= 0.3 is 0 Å². The SMILES string of the molecule is O=CC=Cc1nc2ccccc2[nH]1. The fraction of sp³-hybridized carbons (Fsp3) is 0. The van der Waals surface area contributed by atoms with E-state index in [2.05, 4.69) is 9.97 Å². The first-order valence-corrected chi connectivity index (χ1v) is 3.97. The van der Waals surface area contributed by atoms with Crippen LogP contribution in [0.4, 0.5) is 0 Å². The molecule has 2 rings (SSSR count). The van der Waals surface area contributed by atoms with Gasteiger partial charge in [-0.2, -0.15) is 0 Å². The van der Waals surface area contributed by atoms with Crippen molar-refractivity contribution in [3.05, 3.63) is 36.2 Å². The molecule has 0 bridgehead atoms. The Hall–Kier alpha value is -1.90. The first-order valence-electron chi connectivity index (χ1n) is 3.97. The number of H-pyrrole nitrogens is 1. The van der Waals surface area contributed by atoms with Gasteiger partial charge in [0, 0.05) is 0 Å². The van der Waals surface area contributed by atoms with E-state index >= 15 is 0 Å². The number of imidazole rings is 1. The molecule has 0 fully saturated rings. The summed E-state index contributed by atoms with van der Waals surface area (Å²) in [5.74, 6) is 0.702. The zero-order valence-electron chi connectivity index (χ0n) is 6.90. The highest BCUT2D eigenvalue weighted by Gasteiger charge is 1.96. The normalized spacial score (nSPS) is 11.1. The summed E-state index contributed by atoms with van der Waals surface area (Å²) in [4.78, 5) is 17.4. The molecule has 0 aliphatic carbocycles. The van der Waals surface area contributed by atoms with Crippen molar-refractivity contribution in [1.29, 1.82) is 0 Å². The molecule has 64 valence electrons. The molecule has 0 unspecified atom stereocenters. The molecule has 3 heteroatoms. The van der Waals surface area contributed by atoms with E-state index in [1.54, 1.807) is 6.08 Å². The molecule has 0 aliphatic heterocycles. The summed E-state index contributed by atoms with van der Waals surface area (Å²) in [6.07, 6.45) is 3.79. The maximum absolute atomic E-state index is 10.1. The largest absolute Gasteiger partial charge is 0.338 e. The lowest BCUT2D eigenvalue weighted by Gasteiger charge is -1.81. The Balaban J connectivity index is 2.49. The number of para-hydroxylation sites is 2. The van der Waals surface area contributed by atoms with Gasteiger partial charge in [-0.05, 0) is 24.3 Å². The highest BCUT2D eigenvalue weighted by molar-refractivity contribution is 5.78. The predicted octanol–water partition coefficient (Wildman–Crippen LogP) is 1.77. The number of hydrogen-bond acceptors (Lipinski definition) is 2. The average molecular weight is 172 g/mol. The molecule has 1 aromatic heterocycles. The quantitative estimate of drug-likeness (QED) is 0.554. The van der Waals surface area contributed by atoms with Crippen LogP contribution in [0.15, 0.2) is 30.3 Å². The van der Waals surface area contributed by atoms with Crippen molar-refractivity contribution in [2.75, 3.05) is 0 Å². The molecule has 3 nitrogen and oxygen atoms in total. The van der Waals surface area contributed by atoms with Crippen LogP contribution >= 0.6 is 0 Å². The molecule has 1 aromatic carbocycles. The number of aldehydes is 1. The molecule has 1 heterocycles. The number of nitrogens with zero attached hydrogens (tertiary/aromatic N) is 1. The number of benzene rings is 1. The van der Waals surface area contributed by atoms with Crippen LogP contribution in [0.3, 0.4) is 0 Å². The molecule has 0 radical (unpaired) electrons. The first kappa shape index (κ1) is 7.73. The van der Waals surface area contributed by atoms with Crippen LogP contribution in [0.1, 0.15) is 5.82 Å². The van der Waals surface area contributed by atoms with E-state index in [9.17, 15) is 4.79 Å². The Morgan fingerprint density at radius 3 is 2.92 bits per heavy atom. The summed E-state index contributed by atoms with van der Waals surface area (Å²) >= 11 is 0. The number of fused-ring (bicyclic) bond motifs is 1. The van der Waals surface area contributed by atoms with E-state index in [0.29, 0.717) is 5.82 Å². The Morgan fingerprint density at radius 1 is 1.31 bits per heavy atom. The lowest BCUT2D eigenvalue weighted by molar-refractivity contribution is -0.104. The fourth-order valence-corrected chi connectivity index (χ4v) is 1.18. The molecule has 0 atom stereocenters. The van der Waals surface area contributed by atoms with Gasteiger partial charge in [0.2, 0.25) is 0 Å². The van der Waals surface area contributed by atoms with Crippen molar-refractivity contribution in [2.45, 2.75) is 0 Å². The number of allylic oxidation sites excluding steroid dienone is 1. The van der Waals surface area contributed by atoms with E-state index in [1.165, 1.54) is 6.08 Å².